The second-order valence-corrected chi connectivity index (χ2v) is 8.18. The van der Waals surface area contributed by atoms with Gasteiger partial charge in [-0.05, 0) is 36.8 Å². The van der Waals surface area contributed by atoms with E-state index < -0.39 is 4.92 Å². The first-order valence-electron chi connectivity index (χ1n) is 8.71. The van der Waals surface area contributed by atoms with Crippen molar-refractivity contribution in [1.29, 1.82) is 0 Å². The van der Waals surface area contributed by atoms with Crippen LogP contribution in [-0.4, -0.2) is 21.2 Å². The molecular weight excluding hydrogens is 401 g/mol. The number of aromatic nitrogens is 1. The first kappa shape index (κ1) is 20.2. The molecule has 0 atom stereocenters. The second-order valence-electron chi connectivity index (χ2n) is 6.00. The van der Waals surface area contributed by atoms with Gasteiger partial charge < -0.3 is 4.57 Å². The minimum absolute atomic E-state index is 0.0194. The molecule has 0 bridgehead atoms. The summed E-state index contributed by atoms with van der Waals surface area (Å²) in [4.78, 5) is 28.6. The molecule has 9 heteroatoms. The highest BCUT2D eigenvalue weighted by Crippen LogP contribution is 2.24. The maximum atomic E-state index is 12.9. The Morgan fingerprint density at radius 2 is 2.04 bits per heavy atom. The fourth-order valence-corrected chi connectivity index (χ4v) is 4.60. The van der Waals surface area contributed by atoms with Gasteiger partial charge in [0.25, 0.3) is 5.69 Å². The zero-order chi connectivity index (χ0) is 20.1. The molecular formula is C19H18FN3O3S2. The van der Waals surface area contributed by atoms with Crippen LogP contribution in [0.15, 0.2) is 52.4 Å². The largest absolute Gasteiger partial charge is 0.316 e. The van der Waals surface area contributed by atoms with E-state index in [0.717, 1.165) is 21.5 Å². The molecule has 0 aliphatic carbocycles. The van der Waals surface area contributed by atoms with Crippen molar-refractivity contribution >= 4 is 44.9 Å². The highest BCUT2D eigenvalue weighted by atomic mass is 32.2. The van der Waals surface area contributed by atoms with Gasteiger partial charge in [-0.3, -0.25) is 14.9 Å². The topological polar surface area (TPSA) is 77.5 Å². The first-order chi connectivity index (χ1) is 13.5. The standard InChI is InChI=1S/C19H18FN3O3S2/c1-2-10-22-16-8-5-14(23(25)26)12-17(16)28-19(22)21-18(24)9-11-27-15-6-3-13(20)4-7-15/h3-8,12H,2,9-11H2,1H3. The Morgan fingerprint density at radius 1 is 1.29 bits per heavy atom. The van der Waals surface area contributed by atoms with Crippen LogP contribution in [0.5, 0.6) is 0 Å². The number of nitro benzene ring substituents is 1. The molecule has 3 rings (SSSR count). The van der Waals surface area contributed by atoms with E-state index in [2.05, 4.69) is 4.99 Å². The molecule has 1 aromatic heterocycles. The van der Waals surface area contributed by atoms with Crippen LogP contribution < -0.4 is 4.80 Å². The van der Waals surface area contributed by atoms with Crippen molar-refractivity contribution in [2.75, 3.05) is 5.75 Å². The summed E-state index contributed by atoms with van der Waals surface area (Å²) < 4.78 is 15.6. The van der Waals surface area contributed by atoms with Crippen molar-refractivity contribution in [2.45, 2.75) is 31.2 Å². The van der Waals surface area contributed by atoms with Gasteiger partial charge in [-0.1, -0.05) is 18.3 Å². The van der Waals surface area contributed by atoms with Gasteiger partial charge in [-0.25, -0.2) is 4.39 Å². The molecule has 0 N–H and O–H groups in total. The Morgan fingerprint density at radius 3 is 2.71 bits per heavy atom. The molecule has 6 nitrogen and oxygen atoms in total. The smallest absolute Gasteiger partial charge is 0.270 e. The number of benzene rings is 2. The fraction of sp³-hybridized carbons (Fsp3) is 0.263. The summed E-state index contributed by atoms with van der Waals surface area (Å²) in [5, 5.41) is 11.0. The van der Waals surface area contributed by atoms with E-state index >= 15 is 0 Å². The van der Waals surface area contributed by atoms with Gasteiger partial charge in [0.05, 0.1) is 15.1 Å². The van der Waals surface area contributed by atoms with E-state index in [1.54, 1.807) is 18.2 Å². The van der Waals surface area contributed by atoms with Crippen LogP contribution in [0.3, 0.4) is 0 Å². The summed E-state index contributed by atoms with van der Waals surface area (Å²) in [5.41, 5.74) is 0.857. The van der Waals surface area contributed by atoms with Gasteiger partial charge in [0.2, 0.25) is 5.91 Å². The van der Waals surface area contributed by atoms with Crippen molar-refractivity contribution in [3.05, 3.63) is 63.2 Å². The second kappa shape index (κ2) is 9.11. The summed E-state index contributed by atoms with van der Waals surface area (Å²) in [5.74, 6) is -0.000556. The molecule has 28 heavy (non-hydrogen) atoms. The number of fused-ring (bicyclic) bond motifs is 1. The average molecular weight is 420 g/mol. The molecule has 0 unspecified atom stereocenters. The maximum Gasteiger partial charge on any atom is 0.270 e. The summed E-state index contributed by atoms with van der Waals surface area (Å²) in [6.45, 7) is 2.70. The predicted octanol–water partition coefficient (Wildman–Crippen LogP) is 4.77. The van der Waals surface area contributed by atoms with Crippen molar-refractivity contribution in [2.24, 2.45) is 4.99 Å². The Bertz CT molecular complexity index is 1070. The fourth-order valence-electron chi connectivity index (χ4n) is 2.65. The van der Waals surface area contributed by atoms with Gasteiger partial charge in [0.15, 0.2) is 4.80 Å². The van der Waals surface area contributed by atoms with E-state index in [-0.39, 0.29) is 23.8 Å². The maximum absolute atomic E-state index is 12.9. The number of amides is 1. The van der Waals surface area contributed by atoms with E-state index in [0.29, 0.717) is 17.1 Å². The number of thioether (sulfide) groups is 1. The SMILES string of the molecule is CCCn1c(=NC(=O)CCSc2ccc(F)cc2)sc2cc([N+](=O)[O-])ccc21. The summed E-state index contributed by atoms with van der Waals surface area (Å²) >= 11 is 2.74. The number of aryl methyl sites for hydroxylation is 1. The number of rotatable bonds is 7. The van der Waals surface area contributed by atoms with Crippen LogP contribution in [-0.2, 0) is 11.3 Å². The number of non-ortho nitro benzene ring substituents is 1. The van der Waals surface area contributed by atoms with Gasteiger partial charge in [-0.15, -0.1) is 11.8 Å². The molecule has 0 spiro atoms. The molecule has 0 saturated carbocycles. The minimum atomic E-state index is -0.433. The van der Waals surface area contributed by atoms with Gasteiger partial charge >= 0.3 is 0 Å². The van der Waals surface area contributed by atoms with E-state index in [4.69, 9.17) is 0 Å². The van der Waals surface area contributed by atoms with Crippen LogP contribution in [0, 0.1) is 15.9 Å². The van der Waals surface area contributed by atoms with Crippen LogP contribution in [0.1, 0.15) is 19.8 Å². The lowest BCUT2D eigenvalue weighted by Crippen LogP contribution is -2.16. The molecule has 0 radical (unpaired) electrons. The molecule has 0 aliphatic rings. The Hall–Kier alpha value is -2.52. The lowest BCUT2D eigenvalue weighted by Gasteiger charge is -2.02. The average Bonchev–Trinajstić information content (AvgIpc) is 3.00. The predicted molar refractivity (Wildman–Crippen MR) is 109 cm³/mol. The van der Waals surface area contributed by atoms with E-state index in [1.807, 2.05) is 11.5 Å². The van der Waals surface area contributed by atoms with Crippen molar-refractivity contribution in [3.63, 3.8) is 0 Å². The molecule has 0 saturated heterocycles. The number of hydrogen-bond donors (Lipinski definition) is 0. The third-order valence-electron chi connectivity index (χ3n) is 3.94. The van der Waals surface area contributed by atoms with Gasteiger partial charge in [0.1, 0.15) is 5.82 Å². The monoisotopic (exact) mass is 419 g/mol. The number of nitro groups is 1. The van der Waals surface area contributed by atoms with Crippen molar-refractivity contribution < 1.29 is 14.1 Å². The van der Waals surface area contributed by atoms with Gasteiger partial charge in [0, 0.05) is 35.7 Å². The molecule has 146 valence electrons. The number of nitrogens with zero attached hydrogens (tertiary/aromatic N) is 3. The van der Waals surface area contributed by atoms with E-state index in [1.165, 1.54) is 47.4 Å². The normalized spacial score (nSPS) is 11.9. The summed E-state index contributed by atoms with van der Waals surface area (Å²) in [6, 6.07) is 10.8. The molecule has 1 amide bonds. The summed E-state index contributed by atoms with van der Waals surface area (Å²) in [6.07, 6.45) is 1.10. The number of carbonyl (C=O) groups excluding carboxylic acids is 1. The molecule has 2 aromatic carbocycles. The van der Waals surface area contributed by atoms with E-state index in [9.17, 15) is 19.3 Å². The zero-order valence-corrected chi connectivity index (χ0v) is 16.8. The number of carbonyl (C=O) groups is 1. The highest BCUT2D eigenvalue weighted by Gasteiger charge is 2.12. The third kappa shape index (κ3) is 4.85. The van der Waals surface area contributed by atoms with Gasteiger partial charge in [-0.2, -0.15) is 4.99 Å². The Labute approximate surface area is 168 Å². The highest BCUT2D eigenvalue weighted by molar-refractivity contribution is 7.99. The molecule has 1 heterocycles. The third-order valence-corrected chi connectivity index (χ3v) is 6.00. The number of hydrogen-bond acceptors (Lipinski definition) is 5. The molecule has 0 fully saturated rings. The quantitative estimate of drug-likeness (QED) is 0.314. The first-order valence-corrected chi connectivity index (χ1v) is 10.5. The zero-order valence-electron chi connectivity index (χ0n) is 15.1. The Balaban J connectivity index is 1.78. The molecule has 0 aliphatic heterocycles. The molecule has 3 aromatic rings. The van der Waals surface area contributed by atoms with Crippen molar-refractivity contribution in [3.8, 4) is 0 Å². The number of halogens is 1. The number of thiazole rings is 1. The van der Waals surface area contributed by atoms with Crippen LogP contribution >= 0.6 is 23.1 Å². The lowest BCUT2D eigenvalue weighted by molar-refractivity contribution is -0.384. The Kier molecular flexibility index (Phi) is 6.58. The van der Waals surface area contributed by atoms with Crippen LogP contribution in [0.4, 0.5) is 10.1 Å². The summed E-state index contributed by atoms with van der Waals surface area (Å²) in [7, 11) is 0. The lowest BCUT2D eigenvalue weighted by atomic mass is 10.3. The van der Waals surface area contributed by atoms with Crippen molar-refractivity contribution in [1.82, 2.24) is 4.57 Å². The van der Waals surface area contributed by atoms with Crippen LogP contribution in [0.25, 0.3) is 10.2 Å². The minimum Gasteiger partial charge on any atom is -0.316 e. The van der Waals surface area contributed by atoms with Crippen LogP contribution in [0.2, 0.25) is 0 Å².